The number of fused-ring (bicyclic) bond motifs is 1. The lowest BCUT2D eigenvalue weighted by Gasteiger charge is -2.27. The summed E-state index contributed by atoms with van der Waals surface area (Å²) in [5.74, 6) is 0.183. The zero-order valence-corrected chi connectivity index (χ0v) is 10.1. The van der Waals surface area contributed by atoms with Gasteiger partial charge in [-0.1, -0.05) is 25.0 Å². The molecule has 0 aromatic heterocycles. The number of hydrogen-bond donors (Lipinski definition) is 3. The lowest BCUT2D eigenvalue weighted by Crippen LogP contribution is -2.37. The van der Waals surface area contributed by atoms with E-state index in [1.807, 2.05) is 0 Å². The third-order valence-corrected chi connectivity index (χ3v) is 4.07. The van der Waals surface area contributed by atoms with E-state index in [0.717, 1.165) is 31.2 Å². The summed E-state index contributed by atoms with van der Waals surface area (Å²) in [6, 6.07) is 6.59. The lowest BCUT2D eigenvalue weighted by atomic mass is 9.91. The van der Waals surface area contributed by atoms with Crippen molar-refractivity contribution >= 4 is 0 Å². The van der Waals surface area contributed by atoms with Crippen LogP contribution in [0, 0.1) is 0 Å². The predicted molar refractivity (Wildman–Crippen MR) is 64.1 cm³/mol. The molecule has 1 aliphatic carbocycles. The Bertz CT molecular complexity index is 405. The fourth-order valence-corrected chi connectivity index (χ4v) is 3.14. The summed E-state index contributed by atoms with van der Waals surface area (Å²) >= 11 is 0. The van der Waals surface area contributed by atoms with Crippen LogP contribution in [0.25, 0.3) is 0 Å². The topological polar surface area (TPSA) is 67.2 Å². The second kappa shape index (κ2) is 4.51. The molecule has 1 saturated heterocycles. The van der Waals surface area contributed by atoms with E-state index in [9.17, 15) is 15.5 Å². The second-order valence-electron chi connectivity index (χ2n) is 5.14. The third-order valence-electron chi connectivity index (χ3n) is 4.07. The van der Waals surface area contributed by atoms with Crippen LogP contribution in [0.1, 0.15) is 37.4 Å². The Labute approximate surface area is 106 Å². The van der Waals surface area contributed by atoms with Gasteiger partial charge in [0.15, 0.2) is 0 Å². The molecule has 2 unspecified atom stereocenters. The molecular formula is C13H18N2O3. The largest absolute Gasteiger partial charge is 0.508 e. The first-order valence-electron chi connectivity index (χ1n) is 6.42. The Balaban J connectivity index is 1.89. The first-order chi connectivity index (χ1) is 8.68. The average molecular weight is 250 g/mol. The van der Waals surface area contributed by atoms with Gasteiger partial charge in [-0.2, -0.15) is 10.1 Å². The molecule has 18 heavy (non-hydrogen) atoms. The first kappa shape index (κ1) is 11.9. The van der Waals surface area contributed by atoms with Crippen LogP contribution in [0.3, 0.4) is 0 Å². The molecule has 3 N–H and O–H groups in total. The Morgan fingerprint density at radius 1 is 0.889 bits per heavy atom. The highest BCUT2D eigenvalue weighted by atomic mass is 16.6. The fourth-order valence-electron chi connectivity index (χ4n) is 3.14. The maximum atomic E-state index is 10.2. The molecule has 1 saturated carbocycles. The highest BCUT2D eigenvalue weighted by Gasteiger charge is 2.47. The molecule has 1 aliphatic heterocycles. The van der Waals surface area contributed by atoms with Crippen molar-refractivity contribution in [2.75, 3.05) is 0 Å². The Morgan fingerprint density at radius 2 is 1.39 bits per heavy atom. The highest BCUT2D eigenvalue weighted by Crippen LogP contribution is 2.41. The van der Waals surface area contributed by atoms with Gasteiger partial charge in [-0.3, -0.25) is 0 Å². The zero-order valence-electron chi connectivity index (χ0n) is 10.1. The van der Waals surface area contributed by atoms with Gasteiger partial charge in [-0.25, -0.2) is 0 Å². The molecule has 2 fully saturated rings. The van der Waals surface area contributed by atoms with Crippen molar-refractivity contribution in [3.05, 3.63) is 29.8 Å². The molecule has 5 nitrogen and oxygen atoms in total. The van der Waals surface area contributed by atoms with Crippen molar-refractivity contribution in [2.45, 2.75) is 43.9 Å². The van der Waals surface area contributed by atoms with Crippen molar-refractivity contribution in [3.8, 4) is 5.75 Å². The Hall–Kier alpha value is -1.14. The van der Waals surface area contributed by atoms with Gasteiger partial charge in [0.05, 0.1) is 12.1 Å². The van der Waals surface area contributed by atoms with E-state index in [0.29, 0.717) is 0 Å². The molecule has 98 valence electrons. The van der Waals surface area contributed by atoms with Gasteiger partial charge >= 0.3 is 0 Å². The van der Waals surface area contributed by atoms with E-state index in [2.05, 4.69) is 0 Å². The summed E-state index contributed by atoms with van der Waals surface area (Å²) in [6.45, 7) is 0. The van der Waals surface area contributed by atoms with Crippen molar-refractivity contribution < 1.29 is 15.5 Å². The van der Waals surface area contributed by atoms with Crippen molar-refractivity contribution in [1.29, 1.82) is 0 Å². The monoisotopic (exact) mass is 250 g/mol. The Kier molecular flexibility index (Phi) is 2.99. The number of phenols is 1. The number of phenolic OH excluding ortho intramolecular Hbond substituents is 1. The van der Waals surface area contributed by atoms with Gasteiger partial charge in [-0.05, 0) is 30.5 Å². The van der Waals surface area contributed by atoms with Crippen LogP contribution in [-0.2, 0) is 0 Å². The van der Waals surface area contributed by atoms with E-state index in [1.54, 1.807) is 24.3 Å². The minimum absolute atomic E-state index is 0.00236. The minimum Gasteiger partial charge on any atom is -0.508 e. The van der Waals surface area contributed by atoms with Gasteiger partial charge in [0.2, 0.25) is 0 Å². The summed E-state index contributed by atoms with van der Waals surface area (Å²) in [4.78, 5) is 0. The van der Waals surface area contributed by atoms with Crippen LogP contribution in [0.15, 0.2) is 24.3 Å². The molecule has 0 radical (unpaired) electrons. The molecule has 5 heteroatoms. The summed E-state index contributed by atoms with van der Waals surface area (Å²) in [5, 5.41) is 32.3. The number of hydrogen-bond acceptors (Lipinski definition) is 5. The number of nitrogens with zero attached hydrogens (tertiary/aromatic N) is 2. The van der Waals surface area contributed by atoms with Crippen molar-refractivity contribution in [2.24, 2.45) is 0 Å². The van der Waals surface area contributed by atoms with Crippen molar-refractivity contribution in [1.82, 2.24) is 10.1 Å². The molecule has 0 bridgehead atoms. The Morgan fingerprint density at radius 3 is 1.89 bits per heavy atom. The molecule has 2 atom stereocenters. The smallest absolute Gasteiger partial charge is 0.136 e. The number of rotatable bonds is 1. The molecule has 1 heterocycles. The van der Waals surface area contributed by atoms with Crippen LogP contribution < -0.4 is 0 Å². The van der Waals surface area contributed by atoms with Gasteiger partial charge in [0, 0.05) is 0 Å². The van der Waals surface area contributed by atoms with Crippen LogP contribution in [0.4, 0.5) is 0 Å². The summed E-state index contributed by atoms with van der Waals surface area (Å²) in [6.07, 6.45) is 3.47. The van der Waals surface area contributed by atoms with Gasteiger partial charge in [-0.15, -0.1) is 0 Å². The maximum absolute atomic E-state index is 10.2. The molecule has 3 rings (SSSR count). The first-order valence-corrected chi connectivity index (χ1v) is 6.42. The van der Waals surface area contributed by atoms with Crippen LogP contribution in [0.2, 0.25) is 0 Å². The molecule has 1 aromatic carbocycles. The SMILES string of the molecule is Oc1ccc(C2N(O)C3CCCCC3N2O)cc1. The van der Waals surface area contributed by atoms with Crippen LogP contribution in [-0.4, -0.2) is 37.7 Å². The minimum atomic E-state index is -0.529. The number of hydroxylamine groups is 4. The van der Waals surface area contributed by atoms with Crippen LogP contribution >= 0.6 is 0 Å². The summed E-state index contributed by atoms with van der Waals surface area (Å²) < 4.78 is 0. The van der Waals surface area contributed by atoms with E-state index in [1.165, 1.54) is 10.1 Å². The van der Waals surface area contributed by atoms with Crippen molar-refractivity contribution in [3.63, 3.8) is 0 Å². The average Bonchev–Trinajstić information content (AvgIpc) is 2.64. The van der Waals surface area contributed by atoms with Crippen LogP contribution in [0.5, 0.6) is 5.75 Å². The number of benzene rings is 1. The molecule has 0 amide bonds. The molecular weight excluding hydrogens is 232 g/mol. The summed E-state index contributed by atoms with van der Waals surface area (Å²) in [7, 11) is 0. The summed E-state index contributed by atoms with van der Waals surface area (Å²) in [5.41, 5.74) is 0.784. The maximum Gasteiger partial charge on any atom is 0.136 e. The quantitative estimate of drug-likeness (QED) is 0.712. The fraction of sp³-hybridized carbons (Fsp3) is 0.538. The van der Waals surface area contributed by atoms with Gasteiger partial charge < -0.3 is 15.5 Å². The molecule has 1 aromatic rings. The zero-order chi connectivity index (χ0) is 12.7. The van der Waals surface area contributed by atoms with E-state index in [4.69, 9.17) is 0 Å². The molecule has 0 spiro atoms. The highest BCUT2D eigenvalue weighted by molar-refractivity contribution is 5.28. The molecule has 2 aliphatic rings. The van der Waals surface area contributed by atoms with E-state index < -0.39 is 6.17 Å². The second-order valence-corrected chi connectivity index (χ2v) is 5.14. The third kappa shape index (κ3) is 1.80. The number of aromatic hydroxyl groups is 1. The van der Waals surface area contributed by atoms with E-state index in [-0.39, 0.29) is 17.8 Å². The lowest BCUT2D eigenvalue weighted by molar-refractivity contribution is -0.211. The van der Waals surface area contributed by atoms with Gasteiger partial charge in [0.25, 0.3) is 0 Å². The standard InChI is InChI=1S/C13H18N2O3/c16-10-7-5-9(6-8-10)13-14(17)11-3-1-2-4-12(11)15(13)18/h5-8,11-13,16-18H,1-4H2. The normalized spacial score (nSPS) is 33.6. The van der Waals surface area contributed by atoms with Gasteiger partial charge in [0.1, 0.15) is 11.9 Å². The predicted octanol–water partition coefficient (Wildman–Crippen LogP) is 2.10. The van der Waals surface area contributed by atoms with E-state index >= 15 is 0 Å².